The van der Waals surface area contributed by atoms with Crippen LogP contribution in [0.1, 0.15) is 124 Å². The van der Waals surface area contributed by atoms with Crippen molar-refractivity contribution in [2.75, 3.05) is 0 Å². The molecule has 292 valence electrons. The second-order valence-electron chi connectivity index (χ2n) is 20.6. The van der Waals surface area contributed by atoms with Crippen LogP contribution in [-0.2, 0) is 38.5 Å². The number of benzene rings is 4. The van der Waals surface area contributed by atoms with Crippen LogP contribution in [0.15, 0.2) is 99.9 Å². The molecule has 3 heteroatoms. The first-order chi connectivity index (χ1) is 25.6. The molecule has 0 aromatic heterocycles. The van der Waals surface area contributed by atoms with Crippen LogP contribution in [-0.4, -0.2) is 3.21 Å². The van der Waals surface area contributed by atoms with E-state index in [0.29, 0.717) is 11.3 Å². The van der Waals surface area contributed by atoms with Gasteiger partial charge in [-0.1, -0.05) is 0 Å². The van der Waals surface area contributed by atoms with Crippen LogP contribution >= 0.6 is 0 Å². The molecular weight excluding hydrogens is 799 g/mol. The van der Waals surface area contributed by atoms with Crippen molar-refractivity contribution in [2.24, 2.45) is 35.0 Å². The number of hydrogen-bond donors (Lipinski definition) is 0. The minimum atomic E-state index is -2.67. The van der Waals surface area contributed by atoms with Gasteiger partial charge in [-0.05, 0) is 0 Å². The van der Waals surface area contributed by atoms with Gasteiger partial charge in [0, 0.05) is 0 Å². The molecule has 0 aliphatic heterocycles. The van der Waals surface area contributed by atoms with Crippen molar-refractivity contribution in [3.8, 4) is 33.4 Å². The molecule has 1 atom stereocenters. The zero-order chi connectivity index (χ0) is 37.9. The maximum atomic E-state index is 2.85. The van der Waals surface area contributed by atoms with Crippen molar-refractivity contribution in [2.45, 2.75) is 119 Å². The van der Waals surface area contributed by atoms with E-state index in [2.05, 4.69) is 160 Å². The van der Waals surface area contributed by atoms with Crippen molar-refractivity contribution < 1.29 is 46.1 Å². The zero-order valence-corrected chi connectivity index (χ0v) is 39.5. The van der Waals surface area contributed by atoms with Gasteiger partial charge in [0.1, 0.15) is 0 Å². The van der Waals surface area contributed by atoms with Gasteiger partial charge in [0.05, 0.1) is 0 Å². The van der Waals surface area contributed by atoms with E-state index in [-0.39, 0.29) is 35.6 Å². The van der Waals surface area contributed by atoms with Crippen molar-refractivity contribution in [1.29, 1.82) is 0 Å². The zero-order valence-electron chi connectivity index (χ0n) is 35.5. The van der Waals surface area contributed by atoms with Gasteiger partial charge < -0.3 is 24.8 Å². The Morgan fingerprint density at radius 2 is 1.20 bits per heavy atom. The predicted molar refractivity (Wildman–Crippen MR) is 229 cm³/mol. The maximum Gasteiger partial charge on any atom is -1.00 e. The van der Waals surface area contributed by atoms with E-state index in [1.165, 1.54) is 76.6 Å². The van der Waals surface area contributed by atoms with Crippen LogP contribution < -0.4 is 28.1 Å². The van der Waals surface area contributed by atoms with Gasteiger partial charge in [0.25, 0.3) is 0 Å². The molecule has 4 saturated carbocycles. The molecule has 6 aliphatic carbocycles. The molecule has 56 heavy (non-hydrogen) atoms. The molecule has 0 heterocycles. The summed E-state index contributed by atoms with van der Waals surface area (Å²) in [6, 6.07) is 30.6. The van der Waals surface area contributed by atoms with Gasteiger partial charge in [0.15, 0.2) is 0 Å². The summed E-state index contributed by atoms with van der Waals surface area (Å²) in [5.41, 5.74) is 16.9. The fraction of sp³-hybridized carbons (Fsp3) is 0.453. The van der Waals surface area contributed by atoms with Crippen molar-refractivity contribution in [1.82, 2.24) is 0 Å². The molecule has 6 aliphatic rings. The van der Waals surface area contributed by atoms with Gasteiger partial charge in [0.2, 0.25) is 0 Å². The molecule has 0 nitrogen and oxygen atoms in total. The van der Waals surface area contributed by atoms with E-state index in [1.54, 1.807) is 23.2 Å². The second-order valence-corrected chi connectivity index (χ2v) is 27.6. The summed E-state index contributed by atoms with van der Waals surface area (Å²) >= 11 is -2.67. The normalized spacial score (nSPS) is 25.6. The molecule has 4 fully saturated rings. The molecule has 0 saturated heterocycles. The van der Waals surface area contributed by atoms with E-state index >= 15 is 0 Å². The fourth-order valence-corrected chi connectivity index (χ4v) is 20.3. The molecule has 10 rings (SSSR count). The topological polar surface area (TPSA) is 0 Å². The third-order valence-corrected chi connectivity index (χ3v) is 22.8. The molecule has 0 N–H and O–H groups in total. The Morgan fingerprint density at radius 1 is 0.661 bits per heavy atom. The molecule has 4 aromatic carbocycles. The first-order valence-corrected chi connectivity index (χ1v) is 24.9. The van der Waals surface area contributed by atoms with Gasteiger partial charge in [-0.2, -0.15) is 0 Å². The van der Waals surface area contributed by atoms with Crippen molar-refractivity contribution in [3.63, 3.8) is 0 Å². The average Bonchev–Trinajstić information content (AvgIpc) is 3.69. The van der Waals surface area contributed by atoms with Gasteiger partial charge in [-0.3, -0.25) is 0 Å². The standard InChI is InChI=1S/C33H33.C17H23.C3H6.2ClH.Zr/c1-32(2,3)30-20-26-24(18-28(30)22-13-9-7-10-14-22)17-25-19-29(23-15-11-8-12-16-23)31(21-27(25)26)33(4,5)6;1-11-3-4-14(5-11)17(2)15-7-12-6-13(9-15)10-16(17)8-12;1-3-2;;;/h7-16,18,20-21H,17H2,1-6H3;4-5,11-13,15-16H,6-10H2,1-2H3;1-2H3;2*1H;/q;;;;;+2/p-2. The molecule has 0 amide bonds. The third-order valence-electron chi connectivity index (χ3n) is 14.8. The van der Waals surface area contributed by atoms with Crippen molar-refractivity contribution in [3.05, 3.63) is 122 Å². The SMILES string of the molecule is C[C](C)=[Zr+2]([C]1=CC(C2(C)C3CC4CC(C3)CC2C4)=CC1C)[c]1c2c(cc(C(C)(C)C)c1-c1ccccc1)-c1cc(C(C)(C)C)c(-c3ccccc3)cc1C2.[Cl-].[Cl-]. The number of halogens is 2. The quantitative estimate of drug-likeness (QED) is 0.171. The summed E-state index contributed by atoms with van der Waals surface area (Å²) in [6.45, 7) is 24.9. The molecule has 1 unspecified atom stereocenters. The summed E-state index contributed by atoms with van der Waals surface area (Å²) in [4.78, 5) is 0. The predicted octanol–water partition coefficient (Wildman–Crippen LogP) is 7.57. The average molecular weight is 861 g/mol. The minimum absolute atomic E-state index is 0. The van der Waals surface area contributed by atoms with E-state index < -0.39 is 21.3 Å². The van der Waals surface area contributed by atoms with E-state index in [9.17, 15) is 0 Å². The monoisotopic (exact) mass is 858 g/mol. The molecular formula is C53H62Cl2Zr. The summed E-state index contributed by atoms with van der Waals surface area (Å²) in [6.07, 6.45) is 14.1. The molecule has 0 radical (unpaired) electrons. The first kappa shape index (κ1) is 41.8. The van der Waals surface area contributed by atoms with E-state index in [1.807, 2.05) is 3.28 Å². The first-order valence-electron chi connectivity index (χ1n) is 21.2. The van der Waals surface area contributed by atoms with Crippen LogP contribution in [0.4, 0.5) is 0 Å². The number of fused-ring (bicyclic) bond motifs is 3. The Hall–Kier alpha value is -2.31. The molecule has 4 bridgehead atoms. The smallest absolute Gasteiger partial charge is 1.00 e. The number of rotatable bonds is 5. The molecule has 0 spiro atoms. The van der Waals surface area contributed by atoms with Gasteiger partial charge >= 0.3 is 337 Å². The Labute approximate surface area is 359 Å². The Kier molecular flexibility index (Phi) is 11.3. The summed E-state index contributed by atoms with van der Waals surface area (Å²) in [7, 11) is 0. The summed E-state index contributed by atoms with van der Waals surface area (Å²) in [5, 5.41) is 0. The maximum absolute atomic E-state index is 2.85. The van der Waals surface area contributed by atoms with Gasteiger partial charge in [-0.25, -0.2) is 0 Å². The Balaban J connectivity index is 0.00000240. The number of hydrogen-bond acceptors (Lipinski definition) is 0. The van der Waals surface area contributed by atoms with E-state index in [4.69, 9.17) is 0 Å². The fourth-order valence-electron chi connectivity index (χ4n) is 12.3. The summed E-state index contributed by atoms with van der Waals surface area (Å²) in [5.74, 6) is 4.26. The largest absolute Gasteiger partial charge is 1.00 e. The van der Waals surface area contributed by atoms with Crippen LogP contribution in [0, 0.1) is 35.0 Å². The third kappa shape index (κ3) is 6.81. The minimum Gasteiger partial charge on any atom is -1.00 e. The van der Waals surface area contributed by atoms with Crippen molar-refractivity contribution >= 4 is 6.48 Å². The molecule has 4 aromatic rings. The Bertz CT molecular complexity index is 2220. The summed E-state index contributed by atoms with van der Waals surface area (Å²) < 4.78 is 5.30. The second kappa shape index (κ2) is 15.1. The van der Waals surface area contributed by atoms with Crippen LogP contribution in [0.5, 0.6) is 0 Å². The Morgan fingerprint density at radius 3 is 1.73 bits per heavy atom. The number of allylic oxidation sites excluding steroid dienone is 4. The van der Waals surface area contributed by atoms with Crippen LogP contribution in [0.2, 0.25) is 0 Å². The van der Waals surface area contributed by atoms with Gasteiger partial charge in [-0.15, -0.1) is 0 Å². The van der Waals surface area contributed by atoms with E-state index in [0.717, 1.165) is 30.1 Å². The van der Waals surface area contributed by atoms with Crippen LogP contribution in [0.3, 0.4) is 0 Å². The van der Waals surface area contributed by atoms with Crippen LogP contribution in [0.25, 0.3) is 33.4 Å².